The van der Waals surface area contributed by atoms with Gasteiger partial charge in [0.25, 0.3) is 0 Å². The maximum atomic E-state index is 4.15. The number of rotatable bonds is 7. The normalized spacial score (nSPS) is 12.6. The molecule has 0 radical (unpaired) electrons. The van der Waals surface area contributed by atoms with Crippen LogP contribution in [0.4, 0.5) is 0 Å². The van der Waals surface area contributed by atoms with E-state index in [1.165, 1.54) is 54.2 Å². The van der Waals surface area contributed by atoms with Crippen LogP contribution < -0.4 is 0 Å². The molecule has 52 heavy (non-hydrogen) atoms. The van der Waals surface area contributed by atoms with Crippen LogP contribution in [0.2, 0.25) is 33.2 Å². The lowest BCUT2D eigenvalue weighted by Crippen LogP contribution is -2.43. The molecule has 0 amide bonds. The zero-order chi connectivity index (χ0) is 37.5. The monoisotopic (exact) mass is 714 g/mol. The van der Waals surface area contributed by atoms with Crippen LogP contribution in [0.1, 0.15) is 94.2 Å². The predicted molar refractivity (Wildman–Crippen MR) is 238 cm³/mol. The molecule has 0 saturated heterocycles. The SMILES string of the molecule is CC(C)[Si](C#Cc1c2cc3ccccc3cc2c(C#C[Si](C(C)C)(C(C)C)C(C)C)c2cc3cc(-c4ccccc4)ccc3cc12)(C(C)C)C(C)C. The second-order valence-electron chi connectivity index (χ2n) is 17.1. The molecule has 0 unspecified atom stereocenters. The molecule has 0 heterocycles. The molecule has 0 aliphatic heterocycles. The number of fused-ring (bicyclic) bond motifs is 4. The summed E-state index contributed by atoms with van der Waals surface area (Å²) in [4.78, 5) is 0. The van der Waals surface area contributed by atoms with E-state index in [0.29, 0.717) is 33.2 Å². The lowest BCUT2D eigenvalue weighted by Gasteiger charge is -2.38. The van der Waals surface area contributed by atoms with E-state index in [0.717, 1.165) is 11.1 Å². The van der Waals surface area contributed by atoms with Crippen LogP contribution >= 0.6 is 0 Å². The van der Waals surface area contributed by atoms with Crippen molar-refractivity contribution < 1.29 is 0 Å². The molecular weight excluding hydrogens is 657 g/mol. The quantitative estimate of drug-likeness (QED) is 0.0877. The van der Waals surface area contributed by atoms with Gasteiger partial charge in [-0.25, -0.2) is 0 Å². The molecule has 266 valence electrons. The highest BCUT2D eigenvalue weighted by atomic mass is 28.3. The highest BCUT2D eigenvalue weighted by Crippen LogP contribution is 2.44. The Labute approximate surface area is 316 Å². The summed E-state index contributed by atoms with van der Waals surface area (Å²) < 4.78 is 0. The summed E-state index contributed by atoms with van der Waals surface area (Å²) in [6.07, 6.45) is 0. The Morgan fingerprint density at radius 3 is 1.08 bits per heavy atom. The summed E-state index contributed by atoms with van der Waals surface area (Å²) in [6.45, 7) is 29.0. The van der Waals surface area contributed by atoms with Gasteiger partial charge in [-0.1, -0.05) is 162 Å². The first kappa shape index (κ1) is 37.7. The molecule has 0 aliphatic rings. The highest BCUT2D eigenvalue weighted by Gasteiger charge is 2.43. The fourth-order valence-corrected chi connectivity index (χ4v) is 20.4. The Morgan fingerprint density at radius 2 is 0.692 bits per heavy atom. The second-order valence-corrected chi connectivity index (χ2v) is 28.3. The first-order valence-electron chi connectivity index (χ1n) is 19.7. The standard InChI is InChI=1S/C50H58Si2/c1-33(2)51(34(3)4,35(5)6)26-24-45-47-29-40-20-16-17-21-41(40)30-48(47)46(25-27-52(36(7)8,37(9)10)38(11)12)50-32-44-28-42(39-18-14-13-15-19-39)22-23-43(44)31-49(45)50/h13-23,28-38H,1-12H3. The van der Waals surface area contributed by atoms with Crippen LogP contribution in [0.25, 0.3) is 54.2 Å². The van der Waals surface area contributed by atoms with Gasteiger partial charge in [-0.05, 0) is 118 Å². The van der Waals surface area contributed by atoms with Gasteiger partial charge in [-0.15, -0.1) is 11.1 Å². The number of hydrogen-bond donors (Lipinski definition) is 0. The average molecular weight is 715 g/mol. The number of benzene rings is 6. The van der Waals surface area contributed by atoms with Gasteiger partial charge in [-0.3, -0.25) is 0 Å². The smallest absolute Gasteiger partial charge is 0.125 e. The van der Waals surface area contributed by atoms with Gasteiger partial charge >= 0.3 is 0 Å². The molecule has 0 atom stereocenters. The first-order chi connectivity index (χ1) is 24.7. The molecule has 0 saturated carbocycles. The summed E-state index contributed by atoms with van der Waals surface area (Å²) >= 11 is 0. The van der Waals surface area contributed by atoms with E-state index in [1.807, 2.05) is 0 Å². The molecule has 0 N–H and O–H groups in total. The predicted octanol–water partition coefficient (Wildman–Crippen LogP) is 15.1. The molecule has 0 nitrogen and oxygen atoms in total. The van der Waals surface area contributed by atoms with Crippen molar-refractivity contribution in [3.63, 3.8) is 0 Å². The molecule has 0 aliphatic carbocycles. The largest absolute Gasteiger partial charge is 0.146 e. The summed E-state index contributed by atoms with van der Waals surface area (Å²) in [7, 11) is -4.03. The van der Waals surface area contributed by atoms with Crippen LogP contribution in [-0.4, -0.2) is 16.1 Å². The van der Waals surface area contributed by atoms with Gasteiger partial charge in [0, 0.05) is 11.1 Å². The molecule has 0 bridgehead atoms. The molecule has 6 aromatic rings. The third-order valence-electron chi connectivity index (χ3n) is 12.6. The minimum absolute atomic E-state index is 0.555. The van der Waals surface area contributed by atoms with Crippen molar-refractivity contribution in [1.29, 1.82) is 0 Å². The maximum Gasteiger partial charge on any atom is 0.146 e. The first-order valence-corrected chi connectivity index (χ1v) is 24.2. The molecule has 0 spiro atoms. The minimum atomic E-state index is -2.02. The van der Waals surface area contributed by atoms with Crippen molar-refractivity contribution in [2.45, 2.75) is 116 Å². The van der Waals surface area contributed by atoms with Gasteiger partial charge in [-0.2, -0.15) is 0 Å². The number of hydrogen-bond acceptors (Lipinski definition) is 0. The molecular formula is C50H58Si2. The Kier molecular flexibility index (Phi) is 10.7. The maximum absolute atomic E-state index is 4.15. The summed E-state index contributed by atoms with van der Waals surface area (Å²) in [5.74, 6) is 8.03. The van der Waals surface area contributed by atoms with Crippen LogP contribution in [0.5, 0.6) is 0 Å². The molecule has 2 heteroatoms. The lowest BCUT2D eigenvalue weighted by molar-refractivity contribution is 0.838. The summed E-state index contributed by atoms with van der Waals surface area (Å²) in [5, 5.41) is 9.89. The Balaban J connectivity index is 1.82. The topological polar surface area (TPSA) is 0 Å². The van der Waals surface area contributed by atoms with Gasteiger partial charge in [0.1, 0.15) is 16.1 Å². The molecule has 0 aromatic heterocycles. The van der Waals surface area contributed by atoms with Gasteiger partial charge in [0.2, 0.25) is 0 Å². The molecule has 6 aromatic carbocycles. The van der Waals surface area contributed by atoms with E-state index in [-0.39, 0.29) is 0 Å². The van der Waals surface area contributed by atoms with Crippen LogP contribution in [-0.2, 0) is 0 Å². The Morgan fingerprint density at radius 1 is 0.346 bits per heavy atom. The van der Waals surface area contributed by atoms with Crippen molar-refractivity contribution in [2.24, 2.45) is 0 Å². The molecule has 0 fully saturated rings. The second kappa shape index (κ2) is 14.7. The van der Waals surface area contributed by atoms with E-state index in [9.17, 15) is 0 Å². The van der Waals surface area contributed by atoms with E-state index in [1.54, 1.807) is 0 Å². The van der Waals surface area contributed by atoms with Crippen molar-refractivity contribution >= 4 is 59.2 Å². The Hall–Kier alpha value is -4.09. The van der Waals surface area contributed by atoms with Crippen molar-refractivity contribution in [3.05, 3.63) is 108 Å². The van der Waals surface area contributed by atoms with E-state index < -0.39 is 16.1 Å². The summed E-state index contributed by atoms with van der Waals surface area (Å²) in [5.41, 5.74) is 16.4. The van der Waals surface area contributed by atoms with Gasteiger partial charge < -0.3 is 0 Å². The third kappa shape index (κ3) is 6.44. The fraction of sp³-hybridized carbons (Fsp3) is 0.360. The van der Waals surface area contributed by atoms with Gasteiger partial charge in [0.05, 0.1) is 0 Å². The van der Waals surface area contributed by atoms with E-state index in [4.69, 9.17) is 0 Å². The Bertz CT molecular complexity index is 2340. The van der Waals surface area contributed by atoms with Crippen LogP contribution in [0.3, 0.4) is 0 Å². The zero-order valence-corrected chi connectivity index (χ0v) is 35.7. The summed E-state index contributed by atoms with van der Waals surface area (Å²) in [6, 6.07) is 36.1. The van der Waals surface area contributed by atoms with Crippen molar-refractivity contribution in [3.8, 4) is 34.1 Å². The van der Waals surface area contributed by atoms with E-state index in [2.05, 4.69) is 203 Å². The van der Waals surface area contributed by atoms with Crippen molar-refractivity contribution in [2.75, 3.05) is 0 Å². The van der Waals surface area contributed by atoms with E-state index >= 15 is 0 Å². The van der Waals surface area contributed by atoms with Gasteiger partial charge in [0.15, 0.2) is 0 Å². The van der Waals surface area contributed by atoms with Crippen LogP contribution in [0, 0.1) is 22.9 Å². The average Bonchev–Trinajstić information content (AvgIpc) is 3.10. The highest BCUT2D eigenvalue weighted by molar-refractivity contribution is 6.91. The third-order valence-corrected chi connectivity index (χ3v) is 25.2. The minimum Gasteiger partial charge on any atom is -0.125 e. The van der Waals surface area contributed by atoms with Crippen LogP contribution in [0.15, 0.2) is 97.1 Å². The zero-order valence-electron chi connectivity index (χ0n) is 33.7. The molecule has 6 rings (SSSR count). The fourth-order valence-electron chi connectivity index (χ4n) is 9.94. The lowest BCUT2D eigenvalue weighted by atomic mass is 9.88. The van der Waals surface area contributed by atoms with Crippen molar-refractivity contribution in [1.82, 2.24) is 0 Å².